The fourth-order valence-corrected chi connectivity index (χ4v) is 3.18. The van der Waals surface area contributed by atoms with Gasteiger partial charge in [0.2, 0.25) is 0 Å². The molecule has 130 valence electrons. The van der Waals surface area contributed by atoms with Gasteiger partial charge in [-0.05, 0) is 24.3 Å². The van der Waals surface area contributed by atoms with E-state index in [0.717, 1.165) is 31.9 Å². The number of aromatic nitrogens is 4. The van der Waals surface area contributed by atoms with E-state index in [1.807, 2.05) is 0 Å². The summed E-state index contributed by atoms with van der Waals surface area (Å²) in [6.07, 6.45) is 1.53. The summed E-state index contributed by atoms with van der Waals surface area (Å²) in [5.74, 6) is 0.430. The highest BCUT2D eigenvalue weighted by molar-refractivity contribution is 5.72. The van der Waals surface area contributed by atoms with Gasteiger partial charge < -0.3 is 9.88 Å². The van der Waals surface area contributed by atoms with Crippen molar-refractivity contribution in [2.45, 2.75) is 6.54 Å². The van der Waals surface area contributed by atoms with Gasteiger partial charge in [-0.3, -0.25) is 14.4 Å². The zero-order valence-corrected chi connectivity index (χ0v) is 13.9. The second-order valence-corrected chi connectivity index (χ2v) is 6.26. The van der Waals surface area contributed by atoms with Crippen molar-refractivity contribution >= 4 is 16.7 Å². The van der Waals surface area contributed by atoms with Gasteiger partial charge in [0.05, 0.1) is 12.7 Å². The van der Waals surface area contributed by atoms with Crippen LogP contribution in [0.1, 0.15) is 5.82 Å². The molecular weight excluding hydrogens is 323 g/mol. The molecule has 1 saturated heterocycles. The van der Waals surface area contributed by atoms with Crippen LogP contribution in [0.15, 0.2) is 35.3 Å². The molecule has 0 unspecified atom stereocenters. The largest absolute Gasteiger partial charge is 0.369 e. The van der Waals surface area contributed by atoms with Crippen molar-refractivity contribution in [1.82, 2.24) is 24.6 Å². The number of nitrogens with zero attached hydrogens (tertiary/aromatic N) is 5. The molecule has 1 N–H and O–H groups in total. The van der Waals surface area contributed by atoms with Crippen LogP contribution in [-0.4, -0.2) is 50.8 Å². The number of benzene rings is 1. The third kappa shape index (κ3) is 3.12. The lowest BCUT2D eigenvalue weighted by Crippen LogP contribution is -2.46. The Kier molecular flexibility index (Phi) is 3.96. The Labute approximate surface area is 143 Å². The molecule has 0 amide bonds. The molecule has 3 aromatic rings. The lowest BCUT2D eigenvalue weighted by atomic mass is 10.2. The quantitative estimate of drug-likeness (QED) is 0.772. The minimum Gasteiger partial charge on any atom is -0.369 e. The number of nitrogens with one attached hydrogen (secondary N) is 1. The topological polar surface area (TPSA) is 70.1 Å². The molecular formula is C17H19FN6O. The molecule has 0 radical (unpaired) electrons. The lowest BCUT2D eigenvalue weighted by molar-refractivity contribution is 0.244. The number of piperazine rings is 1. The van der Waals surface area contributed by atoms with Gasteiger partial charge >= 0.3 is 0 Å². The average molecular weight is 342 g/mol. The molecule has 0 saturated carbocycles. The molecule has 0 atom stereocenters. The van der Waals surface area contributed by atoms with E-state index in [1.165, 1.54) is 18.3 Å². The van der Waals surface area contributed by atoms with Crippen molar-refractivity contribution in [2.24, 2.45) is 7.05 Å². The number of rotatable bonds is 3. The lowest BCUT2D eigenvalue weighted by Gasteiger charge is -2.35. The Morgan fingerprint density at radius 2 is 1.88 bits per heavy atom. The molecule has 2 aromatic heterocycles. The molecule has 3 heterocycles. The van der Waals surface area contributed by atoms with Gasteiger partial charge in [0, 0.05) is 38.9 Å². The molecule has 1 aliphatic rings. The Morgan fingerprint density at radius 1 is 1.16 bits per heavy atom. The van der Waals surface area contributed by atoms with E-state index in [4.69, 9.17) is 0 Å². The van der Waals surface area contributed by atoms with E-state index in [9.17, 15) is 9.18 Å². The van der Waals surface area contributed by atoms with Crippen molar-refractivity contribution in [3.63, 3.8) is 0 Å². The number of aryl methyl sites for hydroxylation is 1. The monoisotopic (exact) mass is 342 g/mol. The highest BCUT2D eigenvalue weighted by Gasteiger charge is 2.19. The Bertz CT molecular complexity index is 940. The summed E-state index contributed by atoms with van der Waals surface area (Å²) >= 11 is 0. The number of anilines is 1. The third-order valence-corrected chi connectivity index (χ3v) is 4.59. The van der Waals surface area contributed by atoms with Crippen LogP contribution in [0, 0.1) is 5.82 Å². The molecule has 4 rings (SSSR count). The summed E-state index contributed by atoms with van der Waals surface area (Å²) in [5, 5.41) is 4.59. The van der Waals surface area contributed by atoms with Crippen molar-refractivity contribution < 1.29 is 4.39 Å². The second-order valence-electron chi connectivity index (χ2n) is 6.26. The molecule has 25 heavy (non-hydrogen) atoms. The molecule has 1 aliphatic heterocycles. The van der Waals surface area contributed by atoms with E-state index in [1.54, 1.807) is 23.9 Å². The maximum atomic E-state index is 13.0. The normalized spacial score (nSPS) is 15.8. The van der Waals surface area contributed by atoms with Gasteiger partial charge in [0.25, 0.3) is 5.56 Å². The van der Waals surface area contributed by atoms with E-state index in [-0.39, 0.29) is 11.4 Å². The standard InChI is InChI=1S/C17H19FN6O/c1-22-16-14(10-19-22)17(25)21-15(20-16)11-23-6-8-24(9-7-23)13-4-2-12(18)3-5-13/h2-5,10H,6-9,11H2,1H3,(H,20,21,25). The molecule has 0 spiro atoms. The Morgan fingerprint density at radius 3 is 2.60 bits per heavy atom. The number of aromatic amines is 1. The minimum atomic E-state index is -0.219. The molecule has 7 nitrogen and oxygen atoms in total. The maximum Gasteiger partial charge on any atom is 0.262 e. The van der Waals surface area contributed by atoms with Crippen molar-refractivity contribution in [3.8, 4) is 0 Å². The first kappa shape index (κ1) is 15.8. The SMILES string of the molecule is Cn1ncc2c(=O)[nH]c(CN3CCN(c4ccc(F)cc4)CC3)nc21. The van der Waals surface area contributed by atoms with Gasteiger partial charge in [0.15, 0.2) is 5.65 Å². The second kappa shape index (κ2) is 6.29. The van der Waals surface area contributed by atoms with Gasteiger partial charge in [0.1, 0.15) is 17.0 Å². The first-order chi connectivity index (χ1) is 12.1. The van der Waals surface area contributed by atoms with Crippen molar-refractivity contribution in [3.05, 3.63) is 52.5 Å². The molecule has 0 bridgehead atoms. The van der Waals surface area contributed by atoms with Crippen LogP contribution in [-0.2, 0) is 13.6 Å². The van der Waals surface area contributed by atoms with E-state index < -0.39 is 0 Å². The number of halogens is 1. The van der Waals surface area contributed by atoms with Crippen LogP contribution in [0.4, 0.5) is 10.1 Å². The number of hydrogen-bond donors (Lipinski definition) is 1. The highest BCUT2D eigenvalue weighted by atomic mass is 19.1. The van der Waals surface area contributed by atoms with E-state index in [2.05, 4.69) is 24.9 Å². The third-order valence-electron chi connectivity index (χ3n) is 4.59. The van der Waals surface area contributed by atoms with Crippen LogP contribution in [0.2, 0.25) is 0 Å². The van der Waals surface area contributed by atoms with Gasteiger partial charge in [-0.2, -0.15) is 5.10 Å². The summed E-state index contributed by atoms with van der Waals surface area (Å²) < 4.78 is 14.6. The van der Waals surface area contributed by atoms with Crippen molar-refractivity contribution in [1.29, 1.82) is 0 Å². The van der Waals surface area contributed by atoms with Crippen LogP contribution in [0.25, 0.3) is 11.0 Å². The summed E-state index contributed by atoms with van der Waals surface area (Å²) in [4.78, 5) is 24.0. The first-order valence-electron chi connectivity index (χ1n) is 8.24. The average Bonchev–Trinajstić information content (AvgIpc) is 2.98. The fourth-order valence-electron chi connectivity index (χ4n) is 3.18. The summed E-state index contributed by atoms with van der Waals surface area (Å²) in [6, 6.07) is 6.58. The van der Waals surface area contributed by atoms with Crippen LogP contribution < -0.4 is 10.5 Å². The van der Waals surface area contributed by atoms with Crippen molar-refractivity contribution in [2.75, 3.05) is 31.1 Å². The molecule has 1 aromatic carbocycles. The van der Waals surface area contributed by atoms with Gasteiger partial charge in [-0.15, -0.1) is 0 Å². The minimum absolute atomic E-state index is 0.155. The van der Waals surface area contributed by atoms with Crippen LogP contribution in [0.5, 0.6) is 0 Å². The zero-order chi connectivity index (χ0) is 17.4. The molecule has 8 heteroatoms. The smallest absolute Gasteiger partial charge is 0.262 e. The number of hydrogen-bond acceptors (Lipinski definition) is 5. The van der Waals surface area contributed by atoms with Gasteiger partial charge in [-0.1, -0.05) is 0 Å². The first-order valence-corrected chi connectivity index (χ1v) is 8.24. The predicted octanol–water partition coefficient (Wildman–Crippen LogP) is 1.12. The predicted molar refractivity (Wildman–Crippen MR) is 93.0 cm³/mol. The maximum absolute atomic E-state index is 13.0. The molecule has 0 aliphatic carbocycles. The van der Waals surface area contributed by atoms with Gasteiger partial charge in [-0.25, -0.2) is 9.37 Å². The summed E-state index contributed by atoms with van der Waals surface area (Å²) in [5.41, 5.74) is 1.48. The van der Waals surface area contributed by atoms with Crippen LogP contribution >= 0.6 is 0 Å². The number of H-pyrrole nitrogens is 1. The van der Waals surface area contributed by atoms with Crippen LogP contribution in [0.3, 0.4) is 0 Å². The summed E-state index contributed by atoms with van der Waals surface area (Å²) in [6.45, 7) is 4.00. The van der Waals surface area contributed by atoms with E-state index >= 15 is 0 Å². The Balaban J connectivity index is 1.44. The number of fused-ring (bicyclic) bond motifs is 1. The van der Waals surface area contributed by atoms with E-state index in [0.29, 0.717) is 23.4 Å². The summed E-state index contributed by atoms with van der Waals surface area (Å²) in [7, 11) is 1.78. The molecule has 1 fully saturated rings. The highest BCUT2D eigenvalue weighted by Crippen LogP contribution is 2.17. The Hall–Kier alpha value is -2.74. The zero-order valence-electron chi connectivity index (χ0n) is 13.9. The fraction of sp³-hybridized carbons (Fsp3) is 0.353.